The maximum absolute atomic E-state index is 11.6. The first kappa shape index (κ1) is 10.6. The number of nitrogens with one attached hydrogen (secondary N) is 1. The van der Waals surface area contributed by atoms with E-state index in [2.05, 4.69) is 26.2 Å². The monoisotopic (exact) mass is 270 g/mol. The van der Waals surface area contributed by atoms with Crippen molar-refractivity contribution < 1.29 is 9.53 Å². The zero-order valence-electron chi connectivity index (χ0n) is 8.07. The van der Waals surface area contributed by atoms with Crippen molar-refractivity contribution in [2.45, 2.75) is 18.9 Å². The third kappa shape index (κ3) is 2.76. The lowest BCUT2D eigenvalue weighted by Crippen LogP contribution is -2.27. The van der Waals surface area contributed by atoms with Crippen molar-refractivity contribution in [2.75, 3.05) is 11.9 Å². The lowest BCUT2D eigenvalue weighted by molar-refractivity contribution is -0.124. The van der Waals surface area contributed by atoms with Gasteiger partial charge in [0, 0.05) is 17.3 Å². The first-order valence-electron chi connectivity index (χ1n) is 4.80. The number of halogens is 1. The number of nitrogens with zero attached hydrogens (tertiary/aromatic N) is 1. The molecule has 1 atom stereocenters. The third-order valence-electron chi connectivity index (χ3n) is 2.20. The molecule has 4 nitrogen and oxygen atoms in total. The molecule has 1 saturated heterocycles. The minimum atomic E-state index is -0.310. The Bertz CT molecular complexity index is 347. The van der Waals surface area contributed by atoms with Crippen molar-refractivity contribution in [1.82, 2.24) is 4.98 Å². The van der Waals surface area contributed by atoms with Gasteiger partial charge in [-0.05, 0) is 40.9 Å². The summed E-state index contributed by atoms with van der Waals surface area (Å²) in [6, 6.07) is 3.58. The summed E-state index contributed by atoms with van der Waals surface area (Å²) in [5, 5.41) is 2.72. The number of carbonyl (C=O) groups excluding carboxylic acids is 1. The van der Waals surface area contributed by atoms with Gasteiger partial charge in [-0.15, -0.1) is 0 Å². The number of hydrogen-bond donors (Lipinski definition) is 1. The number of amides is 1. The lowest BCUT2D eigenvalue weighted by atomic mass is 10.2. The van der Waals surface area contributed by atoms with Crippen molar-refractivity contribution in [3.63, 3.8) is 0 Å². The van der Waals surface area contributed by atoms with Crippen LogP contribution in [-0.2, 0) is 9.53 Å². The standard InChI is InChI=1S/C10H11BrN2O2/c11-7-3-4-9(12-6-7)13-10(14)8-2-1-5-15-8/h3-4,6,8H,1-2,5H2,(H,12,13,14)/t8-/m0/s1. The molecule has 1 aliphatic heterocycles. The van der Waals surface area contributed by atoms with Crippen LogP contribution in [0, 0.1) is 0 Å². The van der Waals surface area contributed by atoms with Crippen LogP contribution in [0.3, 0.4) is 0 Å². The van der Waals surface area contributed by atoms with Crippen molar-refractivity contribution in [3.05, 3.63) is 22.8 Å². The Morgan fingerprint density at radius 2 is 2.47 bits per heavy atom. The zero-order chi connectivity index (χ0) is 10.7. The van der Waals surface area contributed by atoms with E-state index < -0.39 is 0 Å². The molecule has 0 spiro atoms. The maximum atomic E-state index is 11.6. The normalized spacial score (nSPS) is 20.2. The molecule has 5 heteroatoms. The fraction of sp³-hybridized carbons (Fsp3) is 0.400. The van der Waals surface area contributed by atoms with Gasteiger partial charge in [-0.2, -0.15) is 0 Å². The molecule has 0 aromatic carbocycles. The molecule has 0 saturated carbocycles. The molecule has 80 valence electrons. The summed E-state index contributed by atoms with van der Waals surface area (Å²) in [5.74, 6) is 0.445. The summed E-state index contributed by atoms with van der Waals surface area (Å²) >= 11 is 3.28. The molecule has 1 fully saturated rings. The highest BCUT2D eigenvalue weighted by Crippen LogP contribution is 2.15. The molecule has 1 amide bonds. The molecule has 1 aliphatic rings. The average Bonchev–Trinajstić information content (AvgIpc) is 2.74. The molecule has 2 heterocycles. The first-order chi connectivity index (χ1) is 7.25. The summed E-state index contributed by atoms with van der Waals surface area (Å²) in [4.78, 5) is 15.7. The number of ether oxygens (including phenoxy) is 1. The van der Waals surface area contributed by atoms with Crippen molar-refractivity contribution >= 4 is 27.7 Å². The molecule has 0 aliphatic carbocycles. The van der Waals surface area contributed by atoms with Crippen molar-refractivity contribution in [1.29, 1.82) is 0 Å². The smallest absolute Gasteiger partial charge is 0.254 e. The lowest BCUT2D eigenvalue weighted by Gasteiger charge is -2.09. The Morgan fingerprint density at radius 3 is 3.07 bits per heavy atom. The number of pyridine rings is 1. The van der Waals surface area contributed by atoms with Crippen molar-refractivity contribution in [3.8, 4) is 0 Å². The van der Waals surface area contributed by atoms with Crippen LogP contribution < -0.4 is 5.32 Å². The molecule has 0 radical (unpaired) electrons. The van der Waals surface area contributed by atoms with Gasteiger partial charge in [-0.1, -0.05) is 0 Å². The second-order valence-electron chi connectivity index (χ2n) is 3.35. The summed E-state index contributed by atoms with van der Waals surface area (Å²) in [6.45, 7) is 0.672. The van der Waals surface area contributed by atoms with Gasteiger partial charge in [-0.25, -0.2) is 4.98 Å². The fourth-order valence-corrected chi connectivity index (χ4v) is 1.68. The van der Waals surface area contributed by atoms with Gasteiger partial charge in [0.15, 0.2) is 0 Å². The van der Waals surface area contributed by atoms with Gasteiger partial charge in [0.2, 0.25) is 0 Å². The van der Waals surface area contributed by atoms with Crippen LogP contribution in [0.1, 0.15) is 12.8 Å². The fourth-order valence-electron chi connectivity index (χ4n) is 1.44. The average molecular weight is 271 g/mol. The summed E-state index contributed by atoms with van der Waals surface area (Å²) in [5.41, 5.74) is 0. The maximum Gasteiger partial charge on any atom is 0.254 e. The minimum absolute atomic E-state index is 0.109. The van der Waals surface area contributed by atoms with E-state index in [9.17, 15) is 4.79 Å². The minimum Gasteiger partial charge on any atom is -0.368 e. The summed E-state index contributed by atoms with van der Waals surface area (Å²) in [7, 11) is 0. The molecule has 15 heavy (non-hydrogen) atoms. The highest BCUT2D eigenvalue weighted by molar-refractivity contribution is 9.10. The highest BCUT2D eigenvalue weighted by Gasteiger charge is 2.23. The summed E-state index contributed by atoms with van der Waals surface area (Å²) < 4.78 is 6.15. The topological polar surface area (TPSA) is 51.2 Å². The number of carbonyl (C=O) groups is 1. The molecule has 1 aromatic heterocycles. The largest absolute Gasteiger partial charge is 0.368 e. The van der Waals surface area contributed by atoms with Gasteiger partial charge >= 0.3 is 0 Å². The molecule has 0 bridgehead atoms. The third-order valence-corrected chi connectivity index (χ3v) is 2.67. The highest BCUT2D eigenvalue weighted by atomic mass is 79.9. The van der Waals surface area contributed by atoms with Gasteiger partial charge < -0.3 is 10.1 Å². The quantitative estimate of drug-likeness (QED) is 0.894. The molecule has 0 unspecified atom stereocenters. The van der Waals surface area contributed by atoms with E-state index in [0.29, 0.717) is 12.4 Å². The van der Waals surface area contributed by atoms with Crippen molar-refractivity contribution in [2.24, 2.45) is 0 Å². The number of hydrogen-bond acceptors (Lipinski definition) is 3. The van der Waals surface area contributed by atoms with E-state index in [0.717, 1.165) is 17.3 Å². The van der Waals surface area contributed by atoms with Crippen LogP contribution in [0.15, 0.2) is 22.8 Å². The van der Waals surface area contributed by atoms with Crippen LogP contribution in [-0.4, -0.2) is 23.6 Å². The van der Waals surface area contributed by atoms with E-state index in [4.69, 9.17) is 4.74 Å². The second kappa shape index (κ2) is 4.72. The van der Waals surface area contributed by atoms with Crippen LogP contribution in [0.2, 0.25) is 0 Å². The van der Waals surface area contributed by atoms with E-state index in [1.165, 1.54) is 0 Å². The number of rotatable bonds is 2. The molecular weight excluding hydrogens is 260 g/mol. The van der Waals surface area contributed by atoms with Crippen LogP contribution >= 0.6 is 15.9 Å². The number of aromatic nitrogens is 1. The zero-order valence-corrected chi connectivity index (χ0v) is 9.66. The van der Waals surface area contributed by atoms with Crippen LogP contribution in [0.4, 0.5) is 5.82 Å². The van der Waals surface area contributed by atoms with Crippen LogP contribution in [0.25, 0.3) is 0 Å². The van der Waals surface area contributed by atoms with Crippen LogP contribution in [0.5, 0.6) is 0 Å². The first-order valence-corrected chi connectivity index (χ1v) is 5.59. The predicted octanol–water partition coefficient (Wildman–Crippen LogP) is 1.96. The molecule has 1 N–H and O–H groups in total. The van der Waals surface area contributed by atoms with Gasteiger partial charge in [-0.3, -0.25) is 4.79 Å². The Balaban J connectivity index is 1.96. The predicted molar refractivity (Wildman–Crippen MR) is 59.5 cm³/mol. The Labute approximate surface area is 96.2 Å². The Hall–Kier alpha value is -0.940. The SMILES string of the molecule is O=C(Nc1ccc(Br)cn1)[C@@H]1CCCO1. The molecule has 1 aromatic rings. The summed E-state index contributed by atoms with van der Waals surface area (Å²) in [6.07, 6.45) is 3.08. The van der Waals surface area contributed by atoms with E-state index >= 15 is 0 Å². The van der Waals surface area contributed by atoms with Gasteiger partial charge in [0.05, 0.1) is 0 Å². The van der Waals surface area contributed by atoms with E-state index in [1.807, 2.05) is 6.07 Å². The Kier molecular flexibility index (Phi) is 3.33. The molecule has 2 rings (SSSR count). The van der Waals surface area contributed by atoms with Gasteiger partial charge in [0.25, 0.3) is 5.91 Å². The number of anilines is 1. The molecular formula is C10H11BrN2O2. The van der Waals surface area contributed by atoms with E-state index in [-0.39, 0.29) is 12.0 Å². The second-order valence-corrected chi connectivity index (χ2v) is 4.27. The van der Waals surface area contributed by atoms with Gasteiger partial charge in [0.1, 0.15) is 11.9 Å². The Morgan fingerprint density at radius 1 is 1.60 bits per heavy atom. The van der Waals surface area contributed by atoms with E-state index in [1.54, 1.807) is 12.3 Å².